The minimum Gasteiger partial charge on any atom is -0.423 e. The molecular formula is C19H21N3O2S. The molecule has 1 aromatic carbocycles. The Bertz CT molecular complexity index is 941. The Morgan fingerprint density at radius 1 is 1.12 bits per heavy atom. The van der Waals surface area contributed by atoms with Crippen molar-refractivity contribution >= 4 is 27.4 Å². The van der Waals surface area contributed by atoms with Gasteiger partial charge in [-0.15, -0.1) is 11.3 Å². The highest BCUT2D eigenvalue weighted by Crippen LogP contribution is 2.24. The second-order valence-electron chi connectivity index (χ2n) is 6.60. The highest BCUT2D eigenvalue weighted by Gasteiger charge is 2.20. The number of anilines is 1. The fourth-order valence-electron chi connectivity index (χ4n) is 3.32. The number of benzene rings is 1. The first kappa shape index (κ1) is 16.3. The smallest absolute Gasteiger partial charge is 0.336 e. The van der Waals surface area contributed by atoms with Crippen molar-refractivity contribution in [2.75, 3.05) is 31.1 Å². The molecule has 0 bridgehead atoms. The third-order valence-corrected chi connectivity index (χ3v) is 5.73. The van der Waals surface area contributed by atoms with E-state index in [1.54, 1.807) is 17.4 Å². The number of aryl methyl sites for hydroxylation is 2. The van der Waals surface area contributed by atoms with Gasteiger partial charge in [0.15, 0.2) is 5.13 Å². The number of piperazine rings is 1. The maximum absolute atomic E-state index is 11.9. The molecule has 0 saturated carbocycles. The van der Waals surface area contributed by atoms with Gasteiger partial charge in [0, 0.05) is 55.8 Å². The van der Waals surface area contributed by atoms with E-state index < -0.39 is 0 Å². The van der Waals surface area contributed by atoms with Gasteiger partial charge in [-0.1, -0.05) is 0 Å². The molecule has 4 rings (SSSR count). The van der Waals surface area contributed by atoms with Crippen molar-refractivity contribution in [2.24, 2.45) is 0 Å². The molecule has 0 aliphatic carbocycles. The van der Waals surface area contributed by atoms with E-state index in [0.717, 1.165) is 54.4 Å². The Morgan fingerprint density at radius 2 is 1.88 bits per heavy atom. The molecule has 3 heterocycles. The summed E-state index contributed by atoms with van der Waals surface area (Å²) in [6, 6.07) is 5.75. The SMILES string of the molecule is Cc1cc2oc(=O)cc(CN3CCN(c4nccs4)CC3)c2cc1C. The van der Waals surface area contributed by atoms with Crippen LogP contribution in [0.3, 0.4) is 0 Å². The normalized spacial score (nSPS) is 15.8. The topological polar surface area (TPSA) is 49.6 Å². The highest BCUT2D eigenvalue weighted by molar-refractivity contribution is 7.13. The summed E-state index contributed by atoms with van der Waals surface area (Å²) in [6.07, 6.45) is 1.85. The van der Waals surface area contributed by atoms with Crippen molar-refractivity contribution in [3.63, 3.8) is 0 Å². The number of fused-ring (bicyclic) bond motifs is 1. The molecule has 0 unspecified atom stereocenters. The van der Waals surface area contributed by atoms with Gasteiger partial charge in [-0.2, -0.15) is 0 Å². The van der Waals surface area contributed by atoms with Gasteiger partial charge in [0.1, 0.15) is 5.58 Å². The molecule has 1 fully saturated rings. The summed E-state index contributed by atoms with van der Waals surface area (Å²) in [5.41, 5.74) is 3.83. The van der Waals surface area contributed by atoms with E-state index in [1.165, 1.54) is 5.56 Å². The maximum Gasteiger partial charge on any atom is 0.336 e. The molecule has 130 valence electrons. The van der Waals surface area contributed by atoms with Crippen LogP contribution >= 0.6 is 11.3 Å². The van der Waals surface area contributed by atoms with Gasteiger partial charge >= 0.3 is 5.63 Å². The number of aromatic nitrogens is 1. The summed E-state index contributed by atoms with van der Waals surface area (Å²) in [5, 5.41) is 4.16. The van der Waals surface area contributed by atoms with Crippen LogP contribution in [0.25, 0.3) is 11.0 Å². The van der Waals surface area contributed by atoms with Crippen molar-refractivity contribution in [3.05, 3.63) is 56.9 Å². The van der Waals surface area contributed by atoms with E-state index in [4.69, 9.17) is 4.42 Å². The lowest BCUT2D eigenvalue weighted by molar-refractivity contribution is 0.250. The van der Waals surface area contributed by atoms with E-state index in [0.29, 0.717) is 5.58 Å². The van der Waals surface area contributed by atoms with Crippen LogP contribution in [0.15, 0.2) is 39.0 Å². The predicted molar refractivity (Wildman–Crippen MR) is 102 cm³/mol. The molecule has 6 heteroatoms. The molecule has 0 N–H and O–H groups in total. The third kappa shape index (κ3) is 3.32. The van der Waals surface area contributed by atoms with E-state index in [2.05, 4.69) is 27.8 Å². The number of hydrogen-bond acceptors (Lipinski definition) is 6. The van der Waals surface area contributed by atoms with Gasteiger partial charge in [-0.05, 0) is 42.7 Å². The van der Waals surface area contributed by atoms with E-state index in [-0.39, 0.29) is 5.63 Å². The first-order valence-electron chi connectivity index (χ1n) is 8.51. The monoisotopic (exact) mass is 355 g/mol. The molecular weight excluding hydrogens is 334 g/mol. The van der Waals surface area contributed by atoms with Crippen LogP contribution in [0.2, 0.25) is 0 Å². The summed E-state index contributed by atoms with van der Waals surface area (Å²) in [5.74, 6) is 0. The quantitative estimate of drug-likeness (QED) is 0.676. The van der Waals surface area contributed by atoms with Gasteiger partial charge in [0.2, 0.25) is 0 Å². The Balaban J connectivity index is 1.55. The first-order chi connectivity index (χ1) is 12.1. The molecule has 0 spiro atoms. The zero-order valence-corrected chi connectivity index (χ0v) is 15.3. The van der Waals surface area contributed by atoms with Crippen molar-refractivity contribution in [3.8, 4) is 0 Å². The summed E-state index contributed by atoms with van der Waals surface area (Å²) >= 11 is 1.68. The van der Waals surface area contributed by atoms with Gasteiger partial charge in [0.05, 0.1) is 0 Å². The third-order valence-electron chi connectivity index (χ3n) is 4.90. The average molecular weight is 355 g/mol. The van der Waals surface area contributed by atoms with Crippen molar-refractivity contribution in [1.82, 2.24) is 9.88 Å². The Morgan fingerprint density at radius 3 is 2.60 bits per heavy atom. The van der Waals surface area contributed by atoms with Crippen LogP contribution in [0.1, 0.15) is 16.7 Å². The second-order valence-corrected chi connectivity index (χ2v) is 7.47. The largest absolute Gasteiger partial charge is 0.423 e. The molecule has 0 amide bonds. The molecule has 0 atom stereocenters. The minimum atomic E-state index is -0.271. The van der Waals surface area contributed by atoms with Gasteiger partial charge in [0.25, 0.3) is 0 Å². The lowest BCUT2D eigenvalue weighted by Gasteiger charge is -2.34. The molecule has 1 saturated heterocycles. The zero-order chi connectivity index (χ0) is 17.4. The predicted octanol–water partition coefficient (Wildman–Crippen LogP) is 3.19. The summed E-state index contributed by atoms with van der Waals surface area (Å²) in [4.78, 5) is 21.1. The second kappa shape index (κ2) is 6.61. The number of hydrogen-bond donors (Lipinski definition) is 0. The zero-order valence-electron chi connectivity index (χ0n) is 14.5. The number of thiazole rings is 1. The average Bonchev–Trinajstić information content (AvgIpc) is 3.12. The molecule has 0 radical (unpaired) electrons. The Kier molecular flexibility index (Phi) is 4.31. The molecule has 5 nitrogen and oxygen atoms in total. The van der Waals surface area contributed by atoms with E-state index in [1.807, 2.05) is 24.6 Å². The molecule has 2 aromatic heterocycles. The van der Waals surface area contributed by atoms with Crippen LogP contribution in [-0.4, -0.2) is 36.1 Å². The first-order valence-corrected chi connectivity index (χ1v) is 9.39. The molecule has 25 heavy (non-hydrogen) atoms. The summed E-state index contributed by atoms with van der Waals surface area (Å²) < 4.78 is 5.40. The number of nitrogens with zero attached hydrogens (tertiary/aromatic N) is 3. The Labute approximate surface area is 150 Å². The minimum absolute atomic E-state index is 0.271. The standard InChI is InChI=1S/C19H21N3O2S/c1-13-9-16-15(11-18(23)24-17(16)10-14(13)2)12-21-4-6-22(7-5-21)19-20-3-8-25-19/h3,8-11H,4-7,12H2,1-2H3. The maximum atomic E-state index is 11.9. The highest BCUT2D eigenvalue weighted by atomic mass is 32.1. The van der Waals surface area contributed by atoms with Gasteiger partial charge < -0.3 is 9.32 Å². The van der Waals surface area contributed by atoms with Crippen LogP contribution in [0.5, 0.6) is 0 Å². The van der Waals surface area contributed by atoms with Crippen molar-refractivity contribution in [1.29, 1.82) is 0 Å². The molecule has 1 aliphatic rings. The fraction of sp³-hybridized carbons (Fsp3) is 0.368. The fourth-order valence-corrected chi connectivity index (χ4v) is 4.02. The summed E-state index contributed by atoms with van der Waals surface area (Å²) in [6.45, 7) is 8.76. The lowest BCUT2D eigenvalue weighted by Crippen LogP contribution is -2.46. The summed E-state index contributed by atoms with van der Waals surface area (Å²) in [7, 11) is 0. The number of rotatable bonds is 3. The van der Waals surface area contributed by atoms with E-state index in [9.17, 15) is 4.79 Å². The van der Waals surface area contributed by atoms with Crippen molar-refractivity contribution < 1.29 is 4.42 Å². The van der Waals surface area contributed by atoms with E-state index >= 15 is 0 Å². The van der Waals surface area contributed by atoms with Crippen LogP contribution < -0.4 is 10.5 Å². The lowest BCUT2D eigenvalue weighted by atomic mass is 10.0. The van der Waals surface area contributed by atoms with Gasteiger partial charge in [-0.25, -0.2) is 9.78 Å². The van der Waals surface area contributed by atoms with Crippen LogP contribution in [0, 0.1) is 13.8 Å². The van der Waals surface area contributed by atoms with Gasteiger partial charge in [-0.3, -0.25) is 4.90 Å². The Hall–Kier alpha value is -2.18. The van der Waals surface area contributed by atoms with Crippen molar-refractivity contribution in [2.45, 2.75) is 20.4 Å². The molecule has 3 aromatic rings. The van der Waals surface area contributed by atoms with Crippen LogP contribution in [0.4, 0.5) is 5.13 Å². The van der Waals surface area contributed by atoms with Crippen LogP contribution in [-0.2, 0) is 6.54 Å². The molecule has 1 aliphatic heterocycles.